The number of carbonyl (C=O) groups is 2. The highest BCUT2D eigenvalue weighted by Crippen LogP contribution is 2.37. The Hall–Kier alpha value is -2.34. The first kappa shape index (κ1) is 26.9. The molecule has 2 atom stereocenters. The average Bonchev–Trinajstić information content (AvgIpc) is 2.97. The molecule has 1 heterocycles. The topological polar surface area (TPSA) is 67.9 Å². The predicted octanol–water partition coefficient (Wildman–Crippen LogP) is 5.53. The van der Waals surface area contributed by atoms with Crippen molar-refractivity contribution in [3.8, 4) is 0 Å². The molecule has 1 aromatic carbocycles. The number of nitrogens with zero attached hydrogens (tertiary/aromatic N) is 1. The molecule has 6 nitrogen and oxygen atoms in total. The van der Waals surface area contributed by atoms with E-state index in [4.69, 9.17) is 9.47 Å². The van der Waals surface area contributed by atoms with E-state index in [0.717, 1.165) is 12.0 Å². The summed E-state index contributed by atoms with van der Waals surface area (Å²) in [6.07, 6.45) is 1.86. The number of carbonyl (C=O) groups excluding carboxylic acids is 2. The second-order valence-corrected chi connectivity index (χ2v) is 10.5. The first-order valence-electron chi connectivity index (χ1n) is 12.1. The molecule has 1 aliphatic heterocycles. The molecule has 0 aromatic heterocycles. The lowest BCUT2D eigenvalue weighted by atomic mass is 9.94. The third-order valence-electron chi connectivity index (χ3n) is 5.73. The molecule has 0 radical (unpaired) electrons. The van der Waals surface area contributed by atoms with E-state index in [2.05, 4.69) is 33.0 Å². The highest BCUT2D eigenvalue weighted by molar-refractivity contribution is 5.93. The second-order valence-electron chi connectivity index (χ2n) is 10.5. The van der Waals surface area contributed by atoms with Crippen LogP contribution in [0.15, 0.2) is 42.0 Å². The fourth-order valence-corrected chi connectivity index (χ4v) is 4.13. The molecule has 1 saturated heterocycles. The third-order valence-corrected chi connectivity index (χ3v) is 5.73. The SMILES string of the molecule is CC(C)CNC(=O)C(=C[C@@H]1OC(C)(C)N(C(=O)OCc2ccccc2)[C@H]1CC(C)C)C(C)C. The summed E-state index contributed by atoms with van der Waals surface area (Å²) in [4.78, 5) is 27.8. The van der Waals surface area contributed by atoms with Crippen LogP contribution >= 0.6 is 0 Å². The van der Waals surface area contributed by atoms with E-state index in [-0.39, 0.29) is 24.5 Å². The minimum atomic E-state index is -0.856. The molecule has 1 N–H and O–H groups in total. The van der Waals surface area contributed by atoms with Crippen molar-refractivity contribution < 1.29 is 19.1 Å². The zero-order valence-corrected chi connectivity index (χ0v) is 21.6. The maximum absolute atomic E-state index is 13.2. The quantitative estimate of drug-likeness (QED) is 0.494. The van der Waals surface area contributed by atoms with Gasteiger partial charge in [0.15, 0.2) is 0 Å². The van der Waals surface area contributed by atoms with Crippen molar-refractivity contribution in [2.75, 3.05) is 6.54 Å². The van der Waals surface area contributed by atoms with Gasteiger partial charge in [-0.05, 0) is 49.7 Å². The number of ether oxygens (including phenoxy) is 2. The number of nitrogens with one attached hydrogen (secondary N) is 1. The Morgan fingerprint density at radius 2 is 1.73 bits per heavy atom. The van der Waals surface area contributed by atoms with Crippen LogP contribution in [0.2, 0.25) is 0 Å². The number of amides is 2. The number of hydrogen-bond acceptors (Lipinski definition) is 4. The Morgan fingerprint density at radius 1 is 1.09 bits per heavy atom. The molecule has 2 rings (SSSR count). The van der Waals surface area contributed by atoms with E-state index in [1.54, 1.807) is 4.90 Å². The smallest absolute Gasteiger partial charge is 0.412 e. The maximum Gasteiger partial charge on any atom is 0.412 e. The fraction of sp³-hybridized carbons (Fsp3) is 0.630. The van der Waals surface area contributed by atoms with Gasteiger partial charge in [-0.3, -0.25) is 9.69 Å². The van der Waals surface area contributed by atoms with Crippen molar-refractivity contribution in [3.63, 3.8) is 0 Å². The van der Waals surface area contributed by atoms with Gasteiger partial charge in [-0.15, -0.1) is 0 Å². The number of rotatable bonds is 9. The van der Waals surface area contributed by atoms with Crippen LogP contribution in [0.1, 0.15) is 67.4 Å². The molecular weight excluding hydrogens is 416 g/mol. The van der Waals surface area contributed by atoms with Gasteiger partial charge in [0.2, 0.25) is 5.91 Å². The Bertz CT molecular complexity index is 815. The molecule has 1 aromatic rings. The Kier molecular flexibility index (Phi) is 9.53. The standard InChI is InChI=1S/C27H42N2O4/c1-18(2)14-23-24(15-22(20(5)6)25(30)28-16-19(3)4)33-27(7,8)29(23)26(31)32-17-21-12-10-9-11-13-21/h9-13,15,18-20,23-24H,14,16-17H2,1-8H3,(H,28,30)/t23-,24-/m0/s1. The average molecular weight is 459 g/mol. The molecular formula is C27H42N2O4. The van der Waals surface area contributed by atoms with Gasteiger partial charge in [0, 0.05) is 12.1 Å². The highest BCUT2D eigenvalue weighted by Gasteiger charge is 2.50. The number of hydrogen-bond donors (Lipinski definition) is 1. The van der Waals surface area contributed by atoms with Gasteiger partial charge in [-0.1, -0.05) is 71.9 Å². The van der Waals surface area contributed by atoms with Crippen LogP contribution in [0, 0.1) is 17.8 Å². The van der Waals surface area contributed by atoms with Crippen molar-refractivity contribution in [2.24, 2.45) is 17.8 Å². The zero-order valence-electron chi connectivity index (χ0n) is 21.6. The predicted molar refractivity (Wildman–Crippen MR) is 131 cm³/mol. The lowest BCUT2D eigenvalue weighted by Gasteiger charge is -2.33. The minimum Gasteiger partial charge on any atom is -0.444 e. The summed E-state index contributed by atoms with van der Waals surface area (Å²) in [7, 11) is 0. The van der Waals surface area contributed by atoms with Gasteiger partial charge < -0.3 is 14.8 Å². The lowest BCUT2D eigenvalue weighted by Crippen LogP contribution is -2.49. The molecule has 0 saturated carbocycles. The fourth-order valence-electron chi connectivity index (χ4n) is 4.13. The van der Waals surface area contributed by atoms with E-state index < -0.39 is 17.9 Å². The molecule has 6 heteroatoms. The summed E-state index contributed by atoms with van der Waals surface area (Å²) >= 11 is 0. The molecule has 33 heavy (non-hydrogen) atoms. The second kappa shape index (κ2) is 11.7. The van der Waals surface area contributed by atoms with Crippen LogP contribution in [-0.4, -0.2) is 41.3 Å². The Labute approximate surface area is 199 Å². The molecule has 0 spiro atoms. The van der Waals surface area contributed by atoms with Gasteiger partial charge in [0.25, 0.3) is 0 Å². The van der Waals surface area contributed by atoms with Gasteiger partial charge in [0.05, 0.1) is 12.1 Å². The van der Waals surface area contributed by atoms with Crippen molar-refractivity contribution in [1.29, 1.82) is 0 Å². The van der Waals surface area contributed by atoms with E-state index in [1.165, 1.54) is 0 Å². The Balaban J connectivity index is 2.29. The van der Waals surface area contributed by atoms with Gasteiger partial charge in [0.1, 0.15) is 12.3 Å². The summed E-state index contributed by atoms with van der Waals surface area (Å²) in [5, 5.41) is 3.02. The van der Waals surface area contributed by atoms with Crippen molar-refractivity contribution in [2.45, 2.75) is 86.3 Å². The third kappa shape index (κ3) is 7.60. The van der Waals surface area contributed by atoms with Gasteiger partial charge >= 0.3 is 6.09 Å². The van der Waals surface area contributed by atoms with Crippen LogP contribution in [0.25, 0.3) is 0 Å². The zero-order chi connectivity index (χ0) is 24.8. The van der Waals surface area contributed by atoms with Crippen molar-refractivity contribution >= 4 is 12.0 Å². The van der Waals surface area contributed by atoms with Crippen LogP contribution in [0.5, 0.6) is 0 Å². The lowest BCUT2D eigenvalue weighted by molar-refractivity contribution is -0.118. The summed E-state index contributed by atoms with van der Waals surface area (Å²) in [6.45, 7) is 17.0. The van der Waals surface area contributed by atoms with Gasteiger partial charge in [-0.25, -0.2) is 4.79 Å². The summed E-state index contributed by atoms with van der Waals surface area (Å²) < 4.78 is 12.1. The largest absolute Gasteiger partial charge is 0.444 e. The highest BCUT2D eigenvalue weighted by atomic mass is 16.6. The van der Waals surface area contributed by atoms with Crippen LogP contribution in [0.4, 0.5) is 4.79 Å². The van der Waals surface area contributed by atoms with E-state index >= 15 is 0 Å². The van der Waals surface area contributed by atoms with E-state index in [0.29, 0.717) is 24.0 Å². The van der Waals surface area contributed by atoms with E-state index in [9.17, 15) is 9.59 Å². The number of benzene rings is 1. The normalized spacial score (nSPS) is 20.6. The molecule has 0 bridgehead atoms. The first-order valence-corrected chi connectivity index (χ1v) is 12.1. The van der Waals surface area contributed by atoms with Crippen LogP contribution < -0.4 is 5.32 Å². The first-order chi connectivity index (χ1) is 15.4. The molecule has 1 aliphatic rings. The summed E-state index contributed by atoms with van der Waals surface area (Å²) in [5.74, 6) is 0.661. The minimum absolute atomic E-state index is 0.0302. The molecule has 2 amide bonds. The summed E-state index contributed by atoms with van der Waals surface area (Å²) in [6, 6.07) is 9.41. The monoisotopic (exact) mass is 458 g/mol. The van der Waals surface area contributed by atoms with Crippen LogP contribution in [0.3, 0.4) is 0 Å². The van der Waals surface area contributed by atoms with E-state index in [1.807, 2.05) is 64.1 Å². The maximum atomic E-state index is 13.2. The molecule has 0 unspecified atom stereocenters. The molecule has 184 valence electrons. The van der Waals surface area contributed by atoms with Crippen molar-refractivity contribution in [1.82, 2.24) is 10.2 Å². The van der Waals surface area contributed by atoms with Crippen LogP contribution in [-0.2, 0) is 20.9 Å². The van der Waals surface area contributed by atoms with Gasteiger partial charge in [-0.2, -0.15) is 0 Å². The molecule has 1 fully saturated rings. The summed E-state index contributed by atoms with van der Waals surface area (Å²) in [5.41, 5.74) is 0.764. The van der Waals surface area contributed by atoms with Crippen molar-refractivity contribution in [3.05, 3.63) is 47.5 Å². The Morgan fingerprint density at radius 3 is 2.27 bits per heavy atom. The molecule has 0 aliphatic carbocycles.